The highest BCUT2D eigenvalue weighted by Gasteiger charge is 2.24. The number of benzene rings is 1. The number of nitrogens with one attached hydrogen (secondary N) is 1. The average Bonchev–Trinajstić information content (AvgIpc) is 2.90. The Labute approximate surface area is 140 Å². The lowest BCUT2D eigenvalue weighted by Crippen LogP contribution is -2.37. The van der Waals surface area contributed by atoms with Gasteiger partial charge in [-0.05, 0) is 31.5 Å². The van der Waals surface area contributed by atoms with Gasteiger partial charge in [0.1, 0.15) is 18.1 Å². The number of anilines is 2. The Kier molecular flexibility index (Phi) is 5.13. The van der Waals surface area contributed by atoms with Crippen LogP contribution in [0.15, 0.2) is 28.8 Å². The highest BCUT2D eigenvalue weighted by atomic mass is 32.2. The van der Waals surface area contributed by atoms with E-state index in [2.05, 4.69) is 10.5 Å². The third-order valence-corrected chi connectivity index (χ3v) is 4.30. The molecule has 8 nitrogen and oxygen atoms in total. The number of carbonyl (C=O) groups excluding carboxylic acids is 1. The Morgan fingerprint density at radius 2 is 2.04 bits per heavy atom. The van der Waals surface area contributed by atoms with Gasteiger partial charge in [-0.2, -0.15) is 0 Å². The van der Waals surface area contributed by atoms with Gasteiger partial charge in [0.25, 0.3) is 0 Å². The molecular formula is C15H19N3O5S. The van der Waals surface area contributed by atoms with Crippen molar-refractivity contribution >= 4 is 27.4 Å². The molecule has 0 radical (unpaired) electrons. The summed E-state index contributed by atoms with van der Waals surface area (Å²) in [5.41, 5.74) is 1.39. The molecule has 0 saturated heterocycles. The van der Waals surface area contributed by atoms with Crippen LogP contribution in [0, 0.1) is 13.8 Å². The van der Waals surface area contributed by atoms with Gasteiger partial charge in [-0.3, -0.25) is 4.79 Å². The van der Waals surface area contributed by atoms with E-state index in [4.69, 9.17) is 9.26 Å². The molecule has 1 heterocycles. The van der Waals surface area contributed by atoms with Gasteiger partial charge in [-0.25, -0.2) is 12.7 Å². The van der Waals surface area contributed by atoms with Crippen molar-refractivity contribution < 1.29 is 22.5 Å². The van der Waals surface area contributed by atoms with Crippen LogP contribution >= 0.6 is 0 Å². The second kappa shape index (κ2) is 6.91. The lowest BCUT2D eigenvalue weighted by Gasteiger charge is -2.19. The van der Waals surface area contributed by atoms with Crippen LogP contribution in [0.4, 0.5) is 11.5 Å². The molecule has 0 aliphatic carbocycles. The fraction of sp³-hybridized carbons (Fsp3) is 0.333. The highest BCUT2D eigenvalue weighted by molar-refractivity contribution is 7.92. The summed E-state index contributed by atoms with van der Waals surface area (Å²) < 4.78 is 34.8. The molecule has 2 rings (SSSR count). The van der Waals surface area contributed by atoms with Gasteiger partial charge in [0, 0.05) is 6.07 Å². The van der Waals surface area contributed by atoms with Gasteiger partial charge >= 0.3 is 0 Å². The SMILES string of the molecule is COc1ccc(C)cc1NC(=O)CN(c1cc(C)on1)S(C)(=O)=O. The van der Waals surface area contributed by atoms with Crippen molar-refractivity contribution in [2.45, 2.75) is 13.8 Å². The van der Waals surface area contributed by atoms with E-state index >= 15 is 0 Å². The zero-order valence-electron chi connectivity index (χ0n) is 13.9. The zero-order chi connectivity index (χ0) is 17.9. The van der Waals surface area contributed by atoms with E-state index in [1.807, 2.05) is 13.0 Å². The number of sulfonamides is 1. The standard InChI is InChI=1S/C15H19N3O5S/c1-10-5-6-13(22-3)12(7-10)16-15(19)9-18(24(4,20)21)14-8-11(2)23-17-14/h5-8H,9H2,1-4H3,(H,16,19). The maximum Gasteiger partial charge on any atom is 0.245 e. The maximum absolute atomic E-state index is 12.3. The van der Waals surface area contributed by atoms with Gasteiger partial charge in [0.05, 0.1) is 19.1 Å². The fourth-order valence-electron chi connectivity index (χ4n) is 2.08. The topological polar surface area (TPSA) is 102 Å². The average molecular weight is 353 g/mol. The summed E-state index contributed by atoms with van der Waals surface area (Å²) in [6.45, 7) is 3.08. The Hall–Kier alpha value is -2.55. The van der Waals surface area contributed by atoms with Crippen molar-refractivity contribution in [2.24, 2.45) is 0 Å². The number of hydrogen-bond donors (Lipinski definition) is 1. The molecule has 0 aliphatic heterocycles. The molecule has 9 heteroatoms. The van der Waals surface area contributed by atoms with Crippen LogP contribution in [0.5, 0.6) is 5.75 Å². The van der Waals surface area contributed by atoms with E-state index in [0.717, 1.165) is 16.1 Å². The number of aryl methyl sites for hydroxylation is 2. The maximum atomic E-state index is 12.3. The molecule has 1 aromatic carbocycles. The summed E-state index contributed by atoms with van der Waals surface area (Å²) >= 11 is 0. The highest BCUT2D eigenvalue weighted by Crippen LogP contribution is 2.25. The Bertz CT molecular complexity index is 845. The van der Waals surface area contributed by atoms with Crippen LogP contribution in [-0.2, 0) is 14.8 Å². The minimum absolute atomic E-state index is 0.0568. The fourth-order valence-corrected chi connectivity index (χ4v) is 2.86. The lowest BCUT2D eigenvalue weighted by molar-refractivity contribution is -0.114. The van der Waals surface area contributed by atoms with E-state index in [1.54, 1.807) is 19.1 Å². The first kappa shape index (κ1) is 17.8. The van der Waals surface area contributed by atoms with Crippen molar-refractivity contribution in [1.29, 1.82) is 0 Å². The van der Waals surface area contributed by atoms with E-state index in [9.17, 15) is 13.2 Å². The molecule has 130 valence electrons. The number of methoxy groups -OCH3 is 1. The summed E-state index contributed by atoms with van der Waals surface area (Å²) in [6, 6.07) is 6.75. The number of ether oxygens (including phenoxy) is 1. The lowest BCUT2D eigenvalue weighted by atomic mass is 10.2. The molecule has 0 bridgehead atoms. The first-order valence-corrected chi connectivity index (χ1v) is 8.91. The normalized spacial score (nSPS) is 11.2. The number of amides is 1. The summed E-state index contributed by atoms with van der Waals surface area (Å²) in [5, 5.41) is 6.31. The van der Waals surface area contributed by atoms with Gasteiger partial charge < -0.3 is 14.6 Å². The summed E-state index contributed by atoms with van der Waals surface area (Å²) in [6.07, 6.45) is 0.998. The monoisotopic (exact) mass is 353 g/mol. The molecule has 2 aromatic rings. The quantitative estimate of drug-likeness (QED) is 0.848. The molecular weight excluding hydrogens is 334 g/mol. The van der Waals surface area contributed by atoms with E-state index in [-0.39, 0.29) is 5.82 Å². The third kappa shape index (κ3) is 4.25. The first-order chi connectivity index (χ1) is 11.2. The number of rotatable bonds is 6. The second-order valence-electron chi connectivity index (χ2n) is 5.32. The van der Waals surface area contributed by atoms with E-state index < -0.39 is 22.5 Å². The van der Waals surface area contributed by atoms with Gasteiger partial charge in [-0.15, -0.1) is 0 Å². The Balaban J connectivity index is 2.22. The van der Waals surface area contributed by atoms with Crippen molar-refractivity contribution in [2.75, 3.05) is 29.5 Å². The number of nitrogens with zero attached hydrogens (tertiary/aromatic N) is 2. The Morgan fingerprint density at radius 1 is 1.33 bits per heavy atom. The van der Waals surface area contributed by atoms with E-state index in [0.29, 0.717) is 17.2 Å². The first-order valence-electron chi connectivity index (χ1n) is 7.06. The number of aromatic nitrogens is 1. The molecule has 24 heavy (non-hydrogen) atoms. The van der Waals surface area contributed by atoms with Crippen LogP contribution in [0.3, 0.4) is 0 Å². The van der Waals surface area contributed by atoms with Crippen LogP contribution in [0.1, 0.15) is 11.3 Å². The third-order valence-electron chi connectivity index (χ3n) is 3.19. The molecule has 0 saturated carbocycles. The molecule has 1 aromatic heterocycles. The predicted molar refractivity (Wildman–Crippen MR) is 89.8 cm³/mol. The minimum Gasteiger partial charge on any atom is -0.495 e. The van der Waals surface area contributed by atoms with Crippen LogP contribution < -0.4 is 14.4 Å². The summed E-state index contributed by atoms with van der Waals surface area (Å²) in [7, 11) is -2.21. The number of carbonyl (C=O) groups is 1. The van der Waals surface area contributed by atoms with Crippen molar-refractivity contribution in [1.82, 2.24) is 5.16 Å². The second-order valence-corrected chi connectivity index (χ2v) is 7.22. The van der Waals surface area contributed by atoms with Crippen LogP contribution in [0.25, 0.3) is 0 Å². The minimum atomic E-state index is -3.70. The molecule has 0 aliphatic rings. The zero-order valence-corrected chi connectivity index (χ0v) is 14.7. The molecule has 0 spiro atoms. The van der Waals surface area contributed by atoms with Crippen LogP contribution in [-0.4, -0.2) is 39.4 Å². The molecule has 0 atom stereocenters. The van der Waals surface area contributed by atoms with Gasteiger partial charge in [0.2, 0.25) is 15.9 Å². The van der Waals surface area contributed by atoms with Gasteiger partial charge in [-0.1, -0.05) is 11.2 Å². The molecule has 0 fully saturated rings. The van der Waals surface area contributed by atoms with Gasteiger partial charge in [0.15, 0.2) is 5.82 Å². The Morgan fingerprint density at radius 3 is 2.58 bits per heavy atom. The number of hydrogen-bond acceptors (Lipinski definition) is 6. The van der Waals surface area contributed by atoms with Crippen molar-refractivity contribution in [3.8, 4) is 5.75 Å². The predicted octanol–water partition coefficient (Wildman–Crippen LogP) is 1.70. The largest absolute Gasteiger partial charge is 0.495 e. The smallest absolute Gasteiger partial charge is 0.245 e. The van der Waals surface area contributed by atoms with E-state index in [1.165, 1.54) is 13.2 Å². The molecule has 1 N–H and O–H groups in total. The van der Waals surface area contributed by atoms with Crippen molar-refractivity contribution in [3.63, 3.8) is 0 Å². The summed E-state index contributed by atoms with van der Waals surface area (Å²) in [4.78, 5) is 12.3. The summed E-state index contributed by atoms with van der Waals surface area (Å²) in [5.74, 6) is 0.461. The molecule has 0 unspecified atom stereocenters. The van der Waals surface area contributed by atoms with Crippen molar-refractivity contribution in [3.05, 3.63) is 35.6 Å². The molecule has 1 amide bonds. The van der Waals surface area contributed by atoms with Crippen LogP contribution in [0.2, 0.25) is 0 Å².